The van der Waals surface area contributed by atoms with Gasteiger partial charge in [0.1, 0.15) is 5.82 Å². The molecule has 2 aromatic carbocycles. The van der Waals surface area contributed by atoms with Crippen molar-refractivity contribution < 1.29 is 17.6 Å². The van der Waals surface area contributed by atoms with Crippen LogP contribution in [0.3, 0.4) is 0 Å². The number of hydrogen-bond acceptors (Lipinski definition) is 3. The van der Waals surface area contributed by atoms with E-state index in [-0.39, 0.29) is 22.7 Å². The second-order valence-electron chi connectivity index (χ2n) is 5.93. The van der Waals surface area contributed by atoms with Crippen molar-refractivity contribution in [1.29, 1.82) is 0 Å². The summed E-state index contributed by atoms with van der Waals surface area (Å²) < 4.78 is 39.4. The Morgan fingerprint density at radius 1 is 1.04 bits per heavy atom. The lowest BCUT2D eigenvalue weighted by Crippen LogP contribution is -2.30. The molecule has 7 heteroatoms. The van der Waals surface area contributed by atoms with Gasteiger partial charge < -0.3 is 5.32 Å². The van der Waals surface area contributed by atoms with Crippen LogP contribution in [-0.2, 0) is 16.4 Å². The molecule has 2 aromatic rings. The summed E-state index contributed by atoms with van der Waals surface area (Å²) in [4.78, 5) is 12.2. The van der Waals surface area contributed by atoms with Gasteiger partial charge in [-0.15, -0.1) is 0 Å². The van der Waals surface area contributed by atoms with Crippen LogP contribution in [0.15, 0.2) is 53.4 Å². The van der Waals surface area contributed by atoms with E-state index in [0.29, 0.717) is 18.5 Å². The average Bonchev–Trinajstić information content (AvgIpc) is 2.55. The maximum atomic E-state index is 12.8. The minimum Gasteiger partial charge on any atom is -0.352 e. The van der Waals surface area contributed by atoms with Gasteiger partial charge in [-0.1, -0.05) is 12.1 Å². The highest BCUT2D eigenvalue weighted by Crippen LogP contribution is 2.11. The molecule has 0 spiro atoms. The minimum atomic E-state index is -3.57. The molecule has 0 atom stereocenters. The Labute approximate surface area is 147 Å². The zero-order chi connectivity index (χ0) is 18.4. The van der Waals surface area contributed by atoms with Crippen LogP contribution in [0.25, 0.3) is 0 Å². The molecule has 5 nitrogen and oxygen atoms in total. The number of rotatable bonds is 7. The largest absolute Gasteiger partial charge is 0.352 e. The van der Waals surface area contributed by atoms with E-state index in [2.05, 4.69) is 10.0 Å². The average molecular weight is 364 g/mol. The summed E-state index contributed by atoms with van der Waals surface area (Å²) in [5.41, 5.74) is 1.30. The van der Waals surface area contributed by atoms with Crippen molar-refractivity contribution in [3.63, 3.8) is 0 Å². The molecule has 0 heterocycles. The van der Waals surface area contributed by atoms with Crippen LogP contribution in [0, 0.1) is 5.82 Å². The van der Waals surface area contributed by atoms with Gasteiger partial charge >= 0.3 is 0 Å². The van der Waals surface area contributed by atoms with E-state index in [0.717, 1.165) is 5.56 Å². The van der Waals surface area contributed by atoms with Crippen molar-refractivity contribution in [1.82, 2.24) is 10.0 Å². The number of nitrogens with one attached hydrogen (secondary N) is 2. The van der Waals surface area contributed by atoms with E-state index < -0.39 is 10.0 Å². The topological polar surface area (TPSA) is 75.3 Å². The fourth-order valence-electron chi connectivity index (χ4n) is 2.24. The van der Waals surface area contributed by atoms with E-state index in [1.54, 1.807) is 26.0 Å². The van der Waals surface area contributed by atoms with E-state index in [9.17, 15) is 17.6 Å². The molecular formula is C18H21FN2O3S. The standard InChI is InChI=1S/C18H21FN2O3S/c1-13(2)21-25(23,24)17-9-5-15(6-10-17)18(22)20-12-11-14-3-7-16(19)8-4-14/h3-10,13,21H,11-12H2,1-2H3,(H,20,22). The summed E-state index contributed by atoms with van der Waals surface area (Å²) in [5, 5.41) is 2.75. The first-order valence-electron chi connectivity index (χ1n) is 7.93. The molecule has 25 heavy (non-hydrogen) atoms. The Kier molecular flexibility index (Phi) is 6.27. The molecule has 0 aliphatic carbocycles. The van der Waals surface area contributed by atoms with Crippen LogP contribution < -0.4 is 10.0 Å². The lowest BCUT2D eigenvalue weighted by atomic mass is 10.1. The first kappa shape index (κ1) is 19.1. The van der Waals surface area contributed by atoms with Crippen LogP contribution in [0.4, 0.5) is 4.39 Å². The van der Waals surface area contributed by atoms with Crippen LogP contribution in [-0.4, -0.2) is 26.9 Å². The van der Waals surface area contributed by atoms with Crippen molar-refractivity contribution in [3.05, 3.63) is 65.5 Å². The Morgan fingerprint density at radius 3 is 2.20 bits per heavy atom. The fraction of sp³-hybridized carbons (Fsp3) is 0.278. The van der Waals surface area contributed by atoms with Crippen LogP contribution in [0.2, 0.25) is 0 Å². The third-order valence-corrected chi connectivity index (χ3v) is 5.10. The summed E-state index contributed by atoms with van der Waals surface area (Å²) in [6, 6.07) is 11.6. The number of sulfonamides is 1. The molecule has 0 aliphatic heterocycles. The number of amides is 1. The van der Waals surface area contributed by atoms with Gasteiger partial charge in [-0.2, -0.15) is 0 Å². The number of carbonyl (C=O) groups is 1. The van der Waals surface area contributed by atoms with Gasteiger partial charge in [-0.25, -0.2) is 17.5 Å². The van der Waals surface area contributed by atoms with Crippen LogP contribution in [0.5, 0.6) is 0 Å². The van der Waals surface area contributed by atoms with Gasteiger partial charge in [0.25, 0.3) is 5.91 Å². The lowest BCUT2D eigenvalue weighted by molar-refractivity contribution is 0.0954. The zero-order valence-corrected chi connectivity index (χ0v) is 14.9. The SMILES string of the molecule is CC(C)NS(=O)(=O)c1ccc(C(=O)NCCc2ccc(F)cc2)cc1. The molecule has 0 aromatic heterocycles. The molecule has 0 fully saturated rings. The van der Waals surface area contributed by atoms with Crippen LogP contribution >= 0.6 is 0 Å². The maximum Gasteiger partial charge on any atom is 0.251 e. The molecular weight excluding hydrogens is 343 g/mol. The summed E-state index contributed by atoms with van der Waals surface area (Å²) in [6.07, 6.45) is 0.580. The van der Waals surface area contributed by atoms with Crippen molar-refractivity contribution in [2.24, 2.45) is 0 Å². The normalized spacial score (nSPS) is 11.5. The summed E-state index contributed by atoms with van der Waals surface area (Å²) >= 11 is 0. The second-order valence-corrected chi connectivity index (χ2v) is 7.65. The summed E-state index contributed by atoms with van der Waals surface area (Å²) in [7, 11) is -3.57. The zero-order valence-electron chi connectivity index (χ0n) is 14.1. The van der Waals surface area contributed by atoms with Gasteiger partial charge in [-0.3, -0.25) is 4.79 Å². The summed E-state index contributed by atoms with van der Waals surface area (Å²) in [6.45, 7) is 3.88. The second kappa shape index (κ2) is 8.22. The third-order valence-electron chi connectivity index (χ3n) is 3.43. The Bertz CT molecular complexity index is 816. The van der Waals surface area contributed by atoms with Gasteiger partial charge in [-0.05, 0) is 62.2 Å². The minimum absolute atomic E-state index is 0.115. The monoisotopic (exact) mass is 364 g/mol. The molecule has 0 radical (unpaired) electrons. The molecule has 2 rings (SSSR count). The van der Waals surface area contributed by atoms with E-state index in [1.807, 2.05) is 0 Å². The first-order valence-corrected chi connectivity index (χ1v) is 9.41. The van der Waals surface area contributed by atoms with E-state index in [4.69, 9.17) is 0 Å². The smallest absolute Gasteiger partial charge is 0.251 e. The third kappa shape index (κ3) is 5.65. The van der Waals surface area contributed by atoms with Gasteiger partial charge in [0, 0.05) is 18.2 Å². The fourth-order valence-corrected chi connectivity index (χ4v) is 3.49. The van der Waals surface area contributed by atoms with Crippen molar-refractivity contribution in [2.75, 3.05) is 6.54 Å². The Morgan fingerprint density at radius 2 is 1.64 bits per heavy atom. The van der Waals surface area contributed by atoms with Gasteiger partial charge in [0.2, 0.25) is 10.0 Å². The molecule has 1 amide bonds. The molecule has 134 valence electrons. The molecule has 0 saturated carbocycles. The van der Waals surface area contributed by atoms with E-state index >= 15 is 0 Å². The molecule has 2 N–H and O–H groups in total. The maximum absolute atomic E-state index is 12.8. The number of benzene rings is 2. The van der Waals surface area contributed by atoms with Gasteiger partial charge in [0.15, 0.2) is 0 Å². The number of halogens is 1. The van der Waals surface area contributed by atoms with Crippen molar-refractivity contribution in [3.8, 4) is 0 Å². The molecule has 0 saturated heterocycles. The highest BCUT2D eigenvalue weighted by atomic mass is 32.2. The van der Waals surface area contributed by atoms with Crippen molar-refractivity contribution >= 4 is 15.9 Å². The Balaban J connectivity index is 1.93. The highest BCUT2D eigenvalue weighted by molar-refractivity contribution is 7.89. The highest BCUT2D eigenvalue weighted by Gasteiger charge is 2.15. The number of carbonyl (C=O) groups excluding carboxylic acids is 1. The Hall–Kier alpha value is -2.25. The predicted molar refractivity (Wildman–Crippen MR) is 94.3 cm³/mol. The molecule has 0 aliphatic rings. The lowest BCUT2D eigenvalue weighted by Gasteiger charge is -2.10. The molecule has 0 bridgehead atoms. The quantitative estimate of drug-likeness (QED) is 0.793. The predicted octanol–water partition coefficient (Wildman–Crippen LogP) is 2.48. The molecule has 0 unspecified atom stereocenters. The van der Waals surface area contributed by atoms with E-state index in [1.165, 1.54) is 36.4 Å². The summed E-state index contributed by atoms with van der Waals surface area (Å²) in [5.74, 6) is -0.585. The first-order chi connectivity index (χ1) is 11.8. The number of hydrogen-bond donors (Lipinski definition) is 2. The van der Waals surface area contributed by atoms with Gasteiger partial charge in [0.05, 0.1) is 4.90 Å². The van der Waals surface area contributed by atoms with Crippen molar-refractivity contribution in [2.45, 2.75) is 31.2 Å². The van der Waals surface area contributed by atoms with Crippen LogP contribution in [0.1, 0.15) is 29.8 Å².